The topological polar surface area (TPSA) is 76.4 Å². The van der Waals surface area contributed by atoms with Gasteiger partial charge in [-0.2, -0.15) is 0 Å². The molecule has 1 fully saturated rings. The average molecular weight is 305 g/mol. The molecule has 0 aromatic heterocycles. The minimum absolute atomic E-state index is 0.360. The van der Waals surface area contributed by atoms with Gasteiger partial charge < -0.3 is 15.8 Å². The lowest BCUT2D eigenvalue weighted by Crippen LogP contribution is -2.32. The van der Waals surface area contributed by atoms with Crippen LogP contribution in [0, 0.1) is 0 Å². The molecule has 1 aromatic carbocycles. The van der Waals surface area contributed by atoms with E-state index >= 15 is 0 Å². The highest BCUT2D eigenvalue weighted by atomic mass is 16.6. The molecule has 1 aliphatic carbocycles. The first-order valence-electron chi connectivity index (χ1n) is 7.94. The summed E-state index contributed by atoms with van der Waals surface area (Å²) in [6.07, 6.45) is 3.94. The molecular formula is C17H27N3O2. The number of carbonyl (C=O) groups excluding carboxylic acids is 1. The fourth-order valence-corrected chi connectivity index (χ4v) is 2.57. The summed E-state index contributed by atoms with van der Waals surface area (Å²) in [6.45, 7) is 5.53. The van der Waals surface area contributed by atoms with Crippen molar-refractivity contribution in [2.75, 3.05) is 10.6 Å². The quantitative estimate of drug-likeness (QED) is 0.795. The molecule has 0 atom stereocenters. The number of nitrogens with one attached hydrogen (secondary N) is 2. The Hall–Kier alpha value is -1.75. The van der Waals surface area contributed by atoms with Crippen LogP contribution in [0.2, 0.25) is 0 Å². The van der Waals surface area contributed by atoms with Crippen LogP contribution in [-0.2, 0) is 4.74 Å². The fourth-order valence-electron chi connectivity index (χ4n) is 2.57. The van der Waals surface area contributed by atoms with Gasteiger partial charge in [0.15, 0.2) is 0 Å². The second-order valence-electron chi connectivity index (χ2n) is 6.96. The summed E-state index contributed by atoms with van der Waals surface area (Å²) in [5.41, 5.74) is 7.22. The van der Waals surface area contributed by atoms with Crippen molar-refractivity contribution in [2.24, 2.45) is 5.73 Å². The van der Waals surface area contributed by atoms with Gasteiger partial charge in [0.05, 0.1) is 0 Å². The molecule has 2 rings (SSSR count). The summed E-state index contributed by atoms with van der Waals surface area (Å²) in [4.78, 5) is 11.7. The Labute approximate surface area is 132 Å². The number of carbonyl (C=O) groups is 1. The Morgan fingerprint density at radius 3 is 2.18 bits per heavy atom. The summed E-state index contributed by atoms with van der Waals surface area (Å²) in [5.74, 6) is 0. The van der Waals surface area contributed by atoms with E-state index in [0.717, 1.165) is 37.1 Å². The van der Waals surface area contributed by atoms with E-state index in [0.29, 0.717) is 12.1 Å². The first-order valence-corrected chi connectivity index (χ1v) is 7.94. The van der Waals surface area contributed by atoms with E-state index in [9.17, 15) is 4.79 Å². The highest BCUT2D eigenvalue weighted by Gasteiger charge is 2.18. The maximum Gasteiger partial charge on any atom is 0.412 e. The Morgan fingerprint density at radius 2 is 1.64 bits per heavy atom. The normalized spacial score (nSPS) is 22.0. The third-order valence-corrected chi connectivity index (χ3v) is 3.67. The van der Waals surface area contributed by atoms with Crippen LogP contribution < -0.4 is 16.4 Å². The number of hydrogen-bond acceptors (Lipinski definition) is 4. The fraction of sp³-hybridized carbons (Fsp3) is 0.588. The van der Waals surface area contributed by atoms with E-state index in [4.69, 9.17) is 10.5 Å². The monoisotopic (exact) mass is 305 g/mol. The third kappa shape index (κ3) is 5.56. The van der Waals surface area contributed by atoms with E-state index in [1.165, 1.54) is 0 Å². The summed E-state index contributed by atoms with van der Waals surface area (Å²) in [5, 5.41) is 6.25. The molecule has 0 unspecified atom stereocenters. The number of ether oxygens (including phenoxy) is 1. The van der Waals surface area contributed by atoms with Gasteiger partial charge in [-0.1, -0.05) is 0 Å². The first-order chi connectivity index (χ1) is 10.3. The van der Waals surface area contributed by atoms with Gasteiger partial charge in [0.2, 0.25) is 0 Å². The maximum atomic E-state index is 11.7. The zero-order valence-electron chi connectivity index (χ0n) is 13.7. The van der Waals surface area contributed by atoms with Gasteiger partial charge in [0, 0.05) is 23.5 Å². The maximum absolute atomic E-state index is 11.7. The van der Waals surface area contributed by atoms with Crippen LogP contribution in [0.25, 0.3) is 0 Å². The predicted octanol–water partition coefficient (Wildman–Crippen LogP) is 3.72. The number of rotatable bonds is 3. The van der Waals surface area contributed by atoms with E-state index in [1.54, 1.807) is 0 Å². The standard InChI is InChI=1S/C17H27N3O2/c1-17(2,3)22-16(21)20-15-10-8-14(9-11-15)19-13-6-4-12(18)5-7-13/h8-13,19H,4-7,18H2,1-3H3,(H,20,21). The zero-order chi connectivity index (χ0) is 16.2. The van der Waals surface area contributed by atoms with Crippen LogP contribution in [-0.4, -0.2) is 23.8 Å². The number of nitrogens with two attached hydrogens (primary N) is 1. The van der Waals surface area contributed by atoms with Crippen LogP contribution >= 0.6 is 0 Å². The molecule has 0 heterocycles. The highest BCUT2D eigenvalue weighted by Crippen LogP contribution is 2.22. The smallest absolute Gasteiger partial charge is 0.412 e. The van der Waals surface area contributed by atoms with Crippen LogP contribution in [0.5, 0.6) is 0 Å². The molecule has 22 heavy (non-hydrogen) atoms. The lowest BCUT2D eigenvalue weighted by molar-refractivity contribution is 0.0636. The van der Waals surface area contributed by atoms with Crippen molar-refractivity contribution in [3.05, 3.63) is 24.3 Å². The van der Waals surface area contributed by atoms with Gasteiger partial charge in [0.25, 0.3) is 0 Å². The Kier molecular flexibility index (Phi) is 5.29. The number of hydrogen-bond donors (Lipinski definition) is 3. The second-order valence-corrected chi connectivity index (χ2v) is 6.96. The van der Waals surface area contributed by atoms with Gasteiger partial charge in [-0.15, -0.1) is 0 Å². The lowest BCUT2D eigenvalue weighted by Gasteiger charge is -2.27. The molecule has 122 valence electrons. The average Bonchev–Trinajstić information content (AvgIpc) is 2.41. The largest absolute Gasteiger partial charge is 0.444 e. The molecule has 1 aliphatic rings. The minimum Gasteiger partial charge on any atom is -0.444 e. The molecule has 0 saturated heterocycles. The summed E-state index contributed by atoms with van der Waals surface area (Å²) >= 11 is 0. The van der Waals surface area contributed by atoms with Gasteiger partial charge in [-0.05, 0) is 70.7 Å². The number of amides is 1. The van der Waals surface area contributed by atoms with Crippen molar-refractivity contribution in [3.8, 4) is 0 Å². The molecule has 4 N–H and O–H groups in total. The molecule has 0 radical (unpaired) electrons. The lowest BCUT2D eigenvalue weighted by atomic mass is 9.92. The first kappa shape index (κ1) is 16.6. The van der Waals surface area contributed by atoms with Gasteiger partial charge in [-0.3, -0.25) is 5.32 Å². The summed E-state index contributed by atoms with van der Waals surface area (Å²) < 4.78 is 5.23. The zero-order valence-corrected chi connectivity index (χ0v) is 13.7. The highest BCUT2D eigenvalue weighted by molar-refractivity contribution is 5.85. The molecule has 1 amide bonds. The Balaban J connectivity index is 1.84. The summed E-state index contributed by atoms with van der Waals surface area (Å²) in [6, 6.07) is 8.55. The van der Waals surface area contributed by atoms with Gasteiger partial charge in [-0.25, -0.2) is 4.79 Å². The van der Waals surface area contributed by atoms with Crippen LogP contribution in [0.3, 0.4) is 0 Å². The Morgan fingerprint density at radius 1 is 1.09 bits per heavy atom. The predicted molar refractivity (Wildman–Crippen MR) is 90.2 cm³/mol. The SMILES string of the molecule is CC(C)(C)OC(=O)Nc1ccc(NC2CCC(N)CC2)cc1. The number of anilines is 2. The van der Waals surface area contributed by atoms with Gasteiger partial charge in [0.1, 0.15) is 5.60 Å². The van der Waals surface area contributed by atoms with Crippen molar-refractivity contribution in [2.45, 2.75) is 64.1 Å². The van der Waals surface area contributed by atoms with Crippen molar-refractivity contribution in [1.82, 2.24) is 0 Å². The van der Waals surface area contributed by atoms with E-state index in [1.807, 2.05) is 45.0 Å². The van der Waals surface area contributed by atoms with Crippen LogP contribution in [0.4, 0.5) is 16.2 Å². The molecule has 0 bridgehead atoms. The van der Waals surface area contributed by atoms with Crippen LogP contribution in [0.15, 0.2) is 24.3 Å². The van der Waals surface area contributed by atoms with Crippen molar-refractivity contribution >= 4 is 17.5 Å². The van der Waals surface area contributed by atoms with Crippen molar-refractivity contribution in [3.63, 3.8) is 0 Å². The molecule has 5 nitrogen and oxygen atoms in total. The molecule has 0 spiro atoms. The van der Waals surface area contributed by atoms with E-state index < -0.39 is 11.7 Å². The molecule has 1 aromatic rings. The molecule has 0 aliphatic heterocycles. The Bertz CT molecular complexity index is 486. The van der Waals surface area contributed by atoms with Crippen LogP contribution in [0.1, 0.15) is 46.5 Å². The molecular weight excluding hydrogens is 278 g/mol. The van der Waals surface area contributed by atoms with Crippen molar-refractivity contribution < 1.29 is 9.53 Å². The summed E-state index contributed by atoms with van der Waals surface area (Å²) in [7, 11) is 0. The third-order valence-electron chi connectivity index (χ3n) is 3.67. The minimum atomic E-state index is -0.493. The van der Waals surface area contributed by atoms with Crippen molar-refractivity contribution in [1.29, 1.82) is 0 Å². The van der Waals surface area contributed by atoms with E-state index in [2.05, 4.69) is 10.6 Å². The molecule has 5 heteroatoms. The van der Waals surface area contributed by atoms with Gasteiger partial charge >= 0.3 is 6.09 Å². The van der Waals surface area contributed by atoms with E-state index in [-0.39, 0.29) is 0 Å². The second kappa shape index (κ2) is 7.01. The number of benzene rings is 1. The molecule has 1 saturated carbocycles.